The smallest absolute Gasteiger partial charge is 0.152 e. The van der Waals surface area contributed by atoms with Gasteiger partial charge >= 0.3 is 0 Å². The Morgan fingerprint density at radius 2 is 2.14 bits per heavy atom. The fraction of sp³-hybridized carbons (Fsp3) is 0.375. The van der Waals surface area contributed by atoms with Crippen molar-refractivity contribution in [3.8, 4) is 0 Å². The second-order valence-electron chi connectivity index (χ2n) is 5.63. The van der Waals surface area contributed by atoms with Gasteiger partial charge in [0.1, 0.15) is 5.82 Å². The highest BCUT2D eigenvalue weighted by atomic mass is 15.3. The molecule has 2 aromatic heterocycles. The third-order valence-corrected chi connectivity index (χ3v) is 4.19. The fourth-order valence-electron chi connectivity index (χ4n) is 3.01. The molecule has 0 fully saturated rings. The summed E-state index contributed by atoms with van der Waals surface area (Å²) in [4.78, 5) is 3.24. The van der Waals surface area contributed by atoms with Crippen LogP contribution in [0, 0.1) is 0 Å². The average molecular weight is 281 g/mol. The molecule has 5 heteroatoms. The van der Waals surface area contributed by atoms with Crippen molar-refractivity contribution in [3.05, 3.63) is 42.1 Å². The Kier molecular flexibility index (Phi) is 3.10. The molecule has 0 atom stereocenters. The van der Waals surface area contributed by atoms with Gasteiger partial charge in [-0.3, -0.25) is 0 Å². The molecule has 21 heavy (non-hydrogen) atoms. The molecule has 108 valence electrons. The van der Waals surface area contributed by atoms with Crippen molar-refractivity contribution < 1.29 is 0 Å². The van der Waals surface area contributed by atoms with E-state index in [9.17, 15) is 0 Å². The van der Waals surface area contributed by atoms with Gasteiger partial charge in [0.25, 0.3) is 0 Å². The molecular formula is C16H19N5. The van der Waals surface area contributed by atoms with E-state index in [1.807, 2.05) is 6.20 Å². The second kappa shape index (κ2) is 5.24. The minimum absolute atomic E-state index is 0.721. The van der Waals surface area contributed by atoms with Crippen molar-refractivity contribution in [1.29, 1.82) is 0 Å². The molecule has 4 rings (SSSR count). The molecule has 0 radical (unpaired) electrons. The van der Waals surface area contributed by atoms with Gasteiger partial charge in [-0.15, -0.1) is 10.2 Å². The molecule has 0 amide bonds. The molecule has 0 saturated carbocycles. The maximum Gasteiger partial charge on any atom is 0.152 e. The number of aromatic amines is 1. The minimum atomic E-state index is 0.721. The number of anilines is 1. The van der Waals surface area contributed by atoms with Crippen LogP contribution in [0.5, 0.6) is 0 Å². The zero-order chi connectivity index (χ0) is 14.1. The van der Waals surface area contributed by atoms with Crippen molar-refractivity contribution in [1.82, 2.24) is 19.7 Å². The number of nitrogens with one attached hydrogen (secondary N) is 2. The van der Waals surface area contributed by atoms with Gasteiger partial charge in [0.15, 0.2) is 5.82 Å². The van der Waals surface area contributed by atoms with Crippen LogP contribution in [-0.2, 0) is 19.5 Å². The van der Waals surface area contributed by atoms with Gasteiger partial charge in [-0.25, -0.2) is 0 Å². The molecule has 1 aliphatic heterocycles. The highest BCUT2D eigenvalue weighted by Crippen LogP contribution is 2.19. The standard InChI is InChI=1S/C16H19N5/c1-2-4-15-19-20-16(21(15)9-3-1)11-18-13-6-5-12-7-8-17-14(12)10-13/h5-8,10,17-18H,1-4,9,11H2. The number of nitrogens with zero attached hydrogens (tertiary/aromatic N) is 3. The molecule has 0 unspecified atom stereocenters. The number of fused-ring (bicyclic) bond motifs is 2. The van der Waals surface area contributed by atoms with Gasteiger partial charge in [0.2, 0.25) is 0 Å². The van der Waals surface area contributed by atoms with Gasteiger partial charge in [0, 0.05) is 30.4 Å². The third kappa shape index (κ3) is 2.39. The summed E-state index contributed by atoms with van der Waals surface area (Å²) in [5, 5.41) is 13.4. The highest BCUT2D eigenvalue weighted by molar-refractivity contribution is 5.82. The third-order valence-electron chi connectivity index (χ3n) is 4.19. The molecule has 0 spiro atoms. The van der Waals surface area contributed by atoms with E-state index < -0.39 is 0 Å². The molecule has 0 bridgehead atoms. The van der Waals surface area contributed by atoms with Crippen molar-refractivity contribution in [2.45, 2.75) is 38.8 Å². The predicted molar refractivity (Wildman–Crippen MR) is 83.2 cm³/mol. The summed E-state index contributed by atoms with van der Waals surface area (Å²) in [6, 6.07) is 8.45. The van der Waals surface area contributed by atoms with Crippen LogP contribution in [0.2, 0.25) is 0 Å². The van der Waals surface area contributed by atoms with Gasteiger partial charge in [0.05, 0.1) is 6.54 Å². The van der Waals surface area contributed by atoms with Crippen LogP contribution in [0.25, 0.3) is 10.9 Å². The maximum absolute atomic E-state index is 4.35. The summed E-state index contributed by atoms with van der Waals surface area (Å²) < 4.78 is 2.28. The molecule has 1 aliphatic rings. The first kappa shape index (κ1) is 12.4. The normalized spacial score (nSPS) is 14.9. The van der Waals surface area contributed by atoms with Crippen LogP contribution in [0.15, 0.2) is 30.5 Å². The number of H-pyrrole nitrogens is 1. The second-order valence-corrected chi connectivity index (χ2v) is 5.63. The average Bonchev–Trinajstić information content (AvgIpc) is 3.05. The van der Waals surface area contributed by atoms with Crippen LogP contribution in [0.4, 0.5) is 5.69 Å². The number of benzene rings is 1. The first-order valence-electron chi connectivity index (χ1n) is 7.62. The first-order chi connectivity index (χ1) is 10.4. The van der Waals surface area contributed by atoms with Crippen LogP contribution in [-0.4, -0.2) is 19.7 Å². The van der Waals surface area contributed by atoms with Gasteiger partial charge < -0.3 is 14.9 Å². The molecule has 3 aromatic rings. The number of aryl methyl sites for hydroxylation is 1. The lowest BCUT2D eigenvalue weighted by molar-refractivity contribution is 0.610. The summed E-state index contributed by atoms with van der Waals surface area (Å²) in [5.74, 6) is 2.18. The van der Waals surface area contributed by atoms with E-state index in [2.05, 4.69) is 49.3 Å². The molecule has 1 aromatic carbocycles. The Bertz CT molecular complexity index is 755. The Morgan fingerprint density at radius 3 is 3.14 bits per heavy atom. The molecule has 5 nitrogen and oxygen atoms in total. The molecule has 0 saturated heterocycles. The van der Waals surface area contributed by atoms with Crippen LogP contribution < -0.4 is 5.32 Å². The lowest BCUT2D eigenvalue weighted by Gasteiger charge is -2.09. The largest absolute Gasteiger partial charge is 0.378 e. The van der Waals surface area contributed by atoms with Gasteiger partial charge in [-0.1, -0.05) is 12.5 Å². The van der Waals surface area contributed by atoms with Crippen molar-refractivity contribution in [2.75, 3.05) is 5.32 Å². The lowest BCUT2D eigenvalue weighted by atomic mass is 10.2. The van der Waals surface area contributed by atoms with Crippen LogP contribution >= 0.6 is 0 Å². The topological polar surface area (TPSA) is 58.5 Å². The van der Waals surface area contributed by atoms with Crippen molar-refractivity contribution >= 4 is 16.6 Å². The monoisotopic (exact) mass is 281 g/mol. The van der Waals surface area contributed by atoms with E-state index in [-0.39, 0.29) is 0 Å². The zero-order valence-corrected chi connectivity index (χ0v) is 12.0. The Morgan fingerprint density at radius 1 is 1.14 bits per heavy atom. The first-order valence-corrected chi connectivity index (χ1v) is 7.62. The van der Waals surface area contributed by atoms with E-state index >= 15 is 0 Å². The van der Waals surface area contributed by atoms with E-state index in [0.29, 0.717) is 0 Å². The maximum atomic E-state index is 4.35. The lowest BCUT2D eigenvalue weighted by Crippen LogP contribution is -2.10. The molecule has 3 heterocycles. The minimum Gasteiger partial charge on any atom is -0.378 e. The highest BCUT2D eigenvalue weighted by Gasteiger charge is 2.14. The molecule has 0 aliphatic carbocycles. The number of rotatable bonds is 3. The summed E-state index contributed by atoms with van der Waals surface area (Å²) >= 11 is 0. The van der Waals surface area contributed by atoms with E-state index in [1.54, 1.807) is 0 Å². The van der Waals surface area contributed by atoms with Gasteiger partial charge in [-0.2, -0.15) is 0 Å². The van der Waals surface area contributed by atoms with E-state index in [4.69, 9.17) is 0 Å². The predicted octanol–water partition coefficient (Wildman–Crippen LogP) is 3.10. The summed E-state index contributed by atoms with van der Waals surface area (Å²) in [6.45, 7) is 1.77. The zero-order valence-electron chi connectivity index (χ0n) is 12.0. The van der Waals surface area contributed by atoms with E-state index in [0.717, 1.165) is 42.4 Å². The number of hydrogen-bond donors (Lipinski definition) is 2. The van der Waals surface area contributed by atoms with E-state index in [1.165, 1.54) is 24.6 Å². The summed E-state index contributed by atoms with van der Waals surface area (Å²) in [6.07, 6.45) is 6.77. The molecular weight excluding hydrogens is 262 g/mol. The number of hydrogen-bond acceptors (Lipinski definition) is 3. The van der Waals surface area contributed by atoms with Crippen molar-refractivity contribution in [3.63, 3.8) is 0 Å². The Labute approximate surface area is 123 Å². The summed E-state index contributed by atoms with van der Waals surface area (Å²) in [7, 11) is 0. The molecule has 2 N–H and O–H groups in total. The fourth-order valence-corrected chi connectivity index (χ4v) is 3.01. The quantitative estimate of drug-likeness (QED) is 0.775. The van der Waals surface area contributed by atoms with Gasteiger partial charge in [-0.05, 0) is 36.4 Å². The Hall–Kier alpha value is -2.30. The van der Waals surface area contributed by atoms with Crippen molar-refractivity contribution in [2.24, 2.45) is 0 Å². The number of aromatic nitrogens is 4. The van der Waals surface area contributed by atoms with Crippen LogP contribution in [0.1, 0.15) is 30.9 Å². The SMILES string of the molecule is c1cc2ccc(NCc3nnc4n3CCCCC4)cc2[nH]1. The van der Waals surface area contributed by atoms with Crippen LogP contribution in [0.3, 0.4) is 0 Å². The Balaban J connectivity index is 1.52. The summed E-state index contributed by atoms with van der Waals surface area (Å²) in [5.41, 5.74) is 2.26.